The second-order valence-electron chi connectivity index (χ2n) is 4.83. The molecule has 20 heavy (non-hydrogen) atoms. The van der Waals surface area contributed by atoms with Crippen molar-refractivity contribution < 1.29 is 19.4 Å². The Balaban J connectivity index is 2.93. The average molecular weight is 278 g/mol. The van der Waals surface area contributed by atoms with E-state index in [2.05, 4.69) is 0 Å². The van der Waals surface area contributed by atoms with E-state index in [0.717, 1.165) is 5.56 Å². The standard InChI is InChI=1S/C16H22O4/c1-4-13(17)10-14(16(19)20-5-2)15(18)12-8-6-11(3)7-9-12/h6-9,13-14,17H,4-5,10H2,1-3H3. The molecule has 2 atom stereocenters. The summed E-state index contributed by atoms with van der Waals surface area (Å²) in [5.41, 5.74) is 1.51. The Labute approximate surface area is 119 Å². The maximum Gasteiger partial charge on any atom is 0.316 e. The summed E-state index contributed by atoms with van der Waals surface area (Å²) in [4.78, 5) is 24.3. The fraction of sp³-hybridized carbons (Fsp3) is 0.500. The van der Waals surface area contributed by atoms with Gasteiger partial charge in [-0.25, -0.2) is 0 Å². The number of hydrogen-bond donors (Lipinski definition) is 1. The number of ketones is 1. The number of rotatable bonds is 7. The average Bonchev–Trinajstić information content (AvgIpc) is 2.44. The minimum absolute atomic E-state index is 0.0992. The molecule has 0 radical (unpaired) electrons. The number of carbonyl (C=O) groups is 2. The highest BCUT2D eigenvalue weighted by molar-refractivity contribution is 6.08. The fourth-order valence-electron chi connectivity index (χ4n) is 1.91. The van der Waals surface area contributed by atoms with Gasteiger partial charge in [0.15, 0.2) is 5.78 Å². The topological polar surface area (TPSA) is 63.6 Å². The van der Waals surface area contributed by atoms with Gasteiger partial charge >= 0.3 is 5.97 Å². The van der Waals surface area contributed by atoms with Crippen LogP contribution in [0.5, 0.6) is 0 Å². The lowest BCUT2D eigenvalue weighted by molar-refractivity contribution is -0.147. The van der Waals surface area contributed by atoms with Crippen LogP contribution in [-0.4, -0.2) is 29.6 Å². The summed E-state index contributed by atoms with van der Waals surface area (Å²) in [6.45, 7) is 5.65. The molecule has 0 aliphatic carbocycles. The Bertz CT molecular complexity index is 450. The number of aryl methyl sites for hydroxylation is 1. The van der Waals surface area contributed by atoms with Crippen molar-refractivity contribution in [3.05, 3.63) is 35.4 Å². The first kappa shape index (κ1) is 16.4. The minimum Gasteiger partial charge on any atom is -0.465 e. The van der Waals surface area contributed by atoms with Crippen LogP contribution in [0.1, 0.15) is 42.6 Å². The second kappa shape index (κ2) is 7.80. The Kier molecular flexibility index (Phi) is 6.39. The molecule has 110 valence electrons. The Morgan fingerprint density at radius 2 is 1.80 bits per heavy atom. The molecular formula is C16H22O4. The van der Waals surface area contributed by atoms with Crippen LogP contribution in [0, 0.1) is 12.8 Å². The first-order chi connectivity index (χ1) is 9.49. The van der Waals surface area contributed by atoms with Crippen LogP contribution in [0.4, 0.5) is 0 Å². The molecule has 4 nitrogen and oxygen atoms in total. The van der Waals surface area contributed by atoms with Crippen LogP contribution in [0.25, 0.3) is 0 Å². The predicted octanol–water partition coefficient (Wildman–Crippen LogP) is 2.52. The maximum atomic E-state index is 12.4. The van der Waals surface area contributed by atoms with Crippen molar-refractivity contribution in [3.63, 3.8) is 0 Å². The molecule has 0 aliphatic heterocycles. The molecule has 0 heterocycles. The third-order valence-corrected chi connectivity index (χ3v) is 3.20. The third-order valence-electron chi connectivity index (χ3n) is 3.20. The van der Waals surface area contributed by atoms with Crippen molar-refractivity contribution in [2.24, 2.45) is 5.92 Å². The first-order valence-corrected chi connectivity index (χ1v) is 6.95. The summed E-state index contributed by atoms with van der Waals surface area (Å²) < 4.78 is 4.94. The molecular weight excluding hydrogens is 256 g/mol. The van der Waals surface area contributed by atoms with Gasteiger partial charge in [0.05, 0.1) is 12.7 Å². The van der Waals surface area contributed by atoms with Crippen LogP contribution < -0.4 is 0 Å². The molecule has 0 fully saturated rings. The number of Topliss-reactive ketones (excluding diaryl/α,β-unsaturated/α-hetero) is 1. The van der Waals surface area contributed by atoms with E-state index < -0.39 is 18.0 Å². The zero-order valence-electron chi connectivity index (χ0n) is 12.3. The number of ether oxygens (including phenoxy) is 1. The van der Waals surface area contributed by atoms with Gasteiger partial charge in [-0.1, -0.05) is 36.8 Å². The van der Waals surface area contributed by atoms with Crippen molar-refractivity contribution >= 4 is 11.8 Å². The van der Waals surface area contributed by atoms with Gasteiger partial charge in [0.1, 0.15) is 5.92 Å². The highest BCUT2D eigenvalue weighted by atomic mass is 16.5. The van der Waals surface area contributed by atoms with E-state index >= 15 is 0 Å². The second-order valence-corrected chi connectivity index (χ2v) is 4.83. The smallest absolute Gasteiger partial charge is 0.316 e. The Morgan fingerprint density at radius 3 is 2.30 bits per heavy atom. The van der Waals surface area contributed by atoms with Crippen molar-refractivity contribution in [2.45, 2.75) is 39.7 Å². The van der Waals surface area contributed by atoms with E-state index in [1.165, 1.54) is 0 Å². The van der Waals surface area contributed by atoms with Crippen molar-refractivity contribution in [3.8, 4) is 0 Å². The summed E-state index contributed by atoms with van der Waals surface area (Å²) in [5.74, 6) is -1.80. The molecule has 1 aromatic rings. The van der Waals surface area contributed by atoms with Crippen LogP contribution in [0.15, 0.2) is 24.3 Å². The van der Waals surface area contributed by atoms with Crippen LogP contribution >= 0.6 is 0 Å². The van der Waals surface area contributed by atoms with E-state index in [-0.39, 0.29) is 18.8 Å². The molecule has 0 aliphatic rings. The normalized spacial score (nSPS) is 13.6. The molecule has 0 saturated carbocycles. The quantitative estimate of drug-likeness (QED) is 0.473. The van der Waals surface area contributed by atoms with Crippen LogP contribution in [0.2, 0.25) is 0 Å². The van der Waals surface area contributed by atoms with Gasteiger partial charge in [-0.05, 0) is 26.7 Å². The maximum absolute atomic E-state index is 12.4. The van der Waals surface area contributed by atoms with Gasteiger partial charge in [-0.3, -0.25) is 9.59 Å². The molecule has 4 heteroatoms. The Morgan fingerprint density at radius 1 is 1.20 bits per heavy atom. The number of benzene rings is 1. The fourth-order valence-corrected chi connectivity index (χ4v) is 1.91. The largest absolute Gasteiger partial charge is 0.465 e. The monoisotopic (exact) mass is 278 g/mol. The van der Waals surface area contributed by atoms with Gasteiger partial charge in [0.25, 0.3) is 0 Å². The molecule has 0 spiro atoms. The zero-order chi connectivity index (χ0) is 15.1. The summed E-state index contributed by atoms with van der Waals surface area (Å²) in [6, 6.07) is 7.04. The molecule has 1 N–H and O–H groups in total. The Hall–Kier alpha value is -1.68. The third kappa shape index (κ3) is 4.46. The van der Waals surface area contributed by atoms with Gasteiger partial charge < -0.3 is 9.84 Å². The first-order valence-electron chi connectivity index (χ1n) is 6.95. The van der Waals surface area contributed by atoms with Crippen LogP contribution in [-0.2, 0) is 9.53 Å². The van der Waals surface area contributed by atoms with Crippen molar-refractivity contribution in [1.29, 1.82) is 0 Å². The van der Waals surface area contributed by atoms with E-state index in [9.17, 15) is 14.7 Å². The van der Waals surface area contributed by atoms with Gasteiger partial charge in [-0.15, -0.1) is 0 Å². The van der Waals surface area contributed by atoms with Gasteiger partial charge in [0, 0.05) is 5.56 Å². The number of aliphatic hydroxyl groups is 1. The predicted molar refractivity (Wildman–Crippen MR) is 76.5 cm³/mol. The van der Waals surface area contributed by atoms with E-state index in [1.807, 2.05) is 26.0 Å². The number of hydrogen-bond acceptors (Lipinski definition) is 4. The molecule has 0 aromatic heterocycles. The number of esters is 1. The van der Waals surface area contributed by atoms with Crippen LogP contribution in [0.3, 0.4) is 0 Å². The van der Waals surface area contributed by atoms with E-state index in [0.29, 0.717) is 12.0 Å². The van der Waals surface area contributed by atoms with E-state index in [1.54, 1.807) is 19.1 Å². The molecule has 1 aromatic carbocycles. The lowest BCUT2D eigenvalue weighted by Crippen LogP contribution is -2.30. The molecule has 0 amide bonds. The SMILES string of the molecule is CCOC(=O)C(CC(O)CC)C(=O)c1ccc(C)cc1. The summed E-state index contributed by atoms with van der Waals surface area (Å²) in [5, 5.41) is 9.73. The van der Waals surface area contributed by atoms with E-state index in [4.69, 9.17) is 4.74 Å². The van der Waals surface area contributed by atoms with Gasteiger partial charge in [-0.2, -0.15) is 0 Å². The molecule has 1 rings (SSSR count). The highest BCUT2D eigenvalue weighted by Crippen LogP contribution is 2.18. The minimum atomic E-state index is -0.937. The highest BCUT2D eigenvalue weighted by Gasteiger charge is 2.30. The molecule has 0 saturated heterocycles. The lowest BCUT2D eigenvalue weighted by atomic mass is 9.91. The molecule has 0 bridgehead atoms. The summed E-state index contributed by atoms with van der Waals surface area (Å²) in [6.07, 6.45) is -0.0853. The van der Waals surface area contributed by atoms with Crippen molar-refractivity contribution in [2.75, 3.05) is 6.61 Å². The van der Waals surface area contributed by atoms with Crippen molar-refractivity contribution in [1.82, 2.24) is 0 Å². The number of aliphatic hydroxyl groups excluding tert-OH is 1. The summed E-state index contributed by atoms with van der Waals surface area (Å²) in [7, 11) is 0. The van der Waals surface area contributed by atoms with Gasteiger partial charge in [0.2, 0.25) is 0 Å². The zero-order valence-corrected chi connectivity index (χ0v) is 12.3. The molecule has 2 unspecified atom stereocenters. The summed E-state index contributed by atoms with van der Waals surface area (Å²) >= 11 is 0. The lowest BCUT2D eigenvalue weighted by Gasteiger charge is -2.17. The number of carbonyl (C=O) groups excluding carboxylic acids is 2.